The van der Waals surface area contributed by atoms with E-state index in [4.69, 9.17) is 0 Å². The minimum absolute atomic E-state index is 0.0131. The van der Waals surface area contributed by atoms with Crippen molar-refractivity contribution < 1.29 is 18.7 Å². The van der Waals surface area contributed by atoms with Crippen LogP contribution in [-0.2, 0) is 6.67 Å². The molecule has 0 aliphatic carbocycles. The maximum absolute atomic E-state index is 14.0. The van der Waals surface area contributed by atoms with Gasteiger partial charge in [-0.1, -0.05) is 15.9 Å². The van der Waals surface area contributed by atoms with E-state index in [9.17, 15) is 18.7 Å². The third-order valence-corrected chi connectivity index (χ3v) is 3.86. The van der Waals surface area contributed by atoms with Crippen molar-refractivity contribution in [3.8, 4) is 0 Å². The number of benzene rings is 2. The zero-order valence-corrected chi connectivity index (χ0v) is 13.1. The highest BCUT2D eigenvalue weighted by atomic mass is 79.9. The van der Waals surface area contributed by atoms with Gasteiger partial charge in [-0.2, -0.15) is 0 Å². The van der Waals surface area contributed by atoms with Crippen LogP contribution in [0.1, 0.15) is 15.9 Å². The normalized spacial score (nSPS) is 10.9. The number of hydrogen-bond donors (Lipinski definition) is 3. The molecule has 0 bridgehead atoms. The number of H-pyrrole nitrogens is 1. The number of anilines is 2. The molecule has 0 amide bonds. The molecular weight excluding hydrogens is 372 g/mol. The number of rotatable bonds is 4. The van der Waals surface area contributed by atoms with Gasteiger partial charge in [-0.25, -0.2) is 18.6 Å². The first-order valence-corrected chi connectivity index (χ1v) is 7.31. The van der Waals surface area contributed by atoms with Gasteiger partial charge in [0.25, 0.3) is 0 Å². The second kappa shape index (κ2) is 5.96. The van der Waals surface area contributed by atoms with Crippen molar-refractivity contribution in [2.75, 3.05) is 5.32 Å². The standard InChI is InChI=1S/C15H10BrF2N3O2/c16-7-1-2-11(10(18)3-7)21-13-8(15(22)23)4-12-14(9(13)5-17)20-6-19-12/h1-4,6,21H,5H2,(H,19,20)(H,22,23). The van der Waals surface area contributed by atoms with E-state index >= 15 is 0 Å². The van der Waals surface area contributed by atoms with Crippen LogP contribution in [0.4, 0.5) is 20.2 Å². The average Bonchev–Trinajstić information content (AvgIpc) is 2.97. The van der Waals surface area contributed by atoms with Crippen molar-refractivity contribution in [3.05, 3.63) is 52.0 Å². The van der Waals surface area contributed by atoms with E-state index in [1.54, 1.807) is 6.07 Å². The second-order valence-electron chi connectivity index (χ2n) is 4.76. The lowest BCUT2D eigenvalue weighted by molar-refractivity contribution is 0.0698. The van der Waals surface area contributed by atoms with Crippen LogP contribution in [0, 0.1) is 5.82 Å². The molecule has 0 fully saturated rings. The van der Waals surface area contributed by atoms with Crippen LogP contribution in [0.3, 0.4) is 0 Å². The Labute approximate surface area is 137 Å². The molecule has 0 aliphatic rings. The van der Waals surface area contributed by atoms with Gasteiger partial charge in [-0.05, 0) is 24.3 Å². The zero-order valence-electron chi connectivity index (χ0n) is 11.5. The minimum Gasteiger partial charge on any atom is -0.478 e. The molecule has 3 N–H and O–H groups in total. The molecule has 1 heterocycles. The van der Waals surface area contributed by atoms with Gasteiger partial charge in [0.05, 0.1) is 34.3 Å². The first-order valence-electron chi connectivity index (χ1n) is 6.51. The Morgan fingerprint density at radius 3 is 2.83 bits per heavy atom. The molecular formula is C15H10BrF2N3O2. The lowest BCUT2D eigenvalue weighted by atomic mass is 10.0. The monoisotopic (exact) mass is 381 g/mol. The van der Waals surface area contributed by atoms with Crippen molar-refractivity contribution in [2.45, 2.75) is 6.67 Å². The number of carboxylic acids is 1. The largest absolute Gasteiger partial charge is 0.478 e. The lowest BCUT2D eigenvalue weighted by Crippen LogP contribution is -2.07. The molecule has 8 heteroatoms. The molecule has 5 nitrogen and oxygen atoms in total. The maximum Gasteiger partial charge on any atom is 0.337 e. The summed E-state index contributed by atoms with van der Waals surface area (Å²) >= 11 is 3.14. The van der Waals surface area contributed by atoms with E-state index in [0.29, 0.717) is 15.5 Å². The Kier molecular flexibility index (Phi) is 3.99. The van der Waals surface area contributed by atoms with Crippen molar-refractivity contribution in [1.82, 2.24) is 9.97 Å². The number of aromatic amines is 1. The van der Waals surface area contributed by atoms with Crippen molar-refractivity contribution in [1.29, 1.82) is 0 Å². The Balaban J connectivity index is 2.21. The highest BCUT2D eigenvalue weighted by Gasteiger charge is 2.20. The van der Waals surface area contributed by atoms with E-state index in [2.05, 4.69) is 31.2 Å². The molecule has 2 aromatic carbocycles. The van der Waals surface area contributed by atoms with Gasteiger partial charge in [0.1, 0.15) is 12.5 Å². The van der Waals surface area contributed by atoms with E-state index < -0.39 is 18.5 Å². The van der Waals surface area contributed by atoms with E-state index in [1.807, 2.05) is 0 Å². The third-order valence-electron chi connectivity index (χ3n) is 3.37. The molecule has 0 radical (unpaired) electrons. The molecule has 118 valence electrons. The van der Waals surface area contributed by atoms with Crippen molar-refractivity contribution in [3.63, 3.8) is 0 Å². The molecule has 0 spiro atoms. The molecule has 23 heavy (non-hydrogen) atoms. The highest BCUT2D eigenvalue weighted by molar-refractivity contribution is 9.10. The van der Waals surface area contributed by atoms with E-state index in [-0.39, 0.29) is 22.5 Å². The SMILES string of the molecule is O=C(O)c1cc2[nH]cnc2c(CF)c1Nc1ccc(Br)cc1F. The number of carbonyl (C=O) groups is 1. The quantitative estimate of drug-likeness (QED) is 0.626. The van der Waals surface area contributed by atoms with Gasteiger partial charge in [0, 0.05) is 10.0 Å². The van der Waals surface area contributed by atoms with Crippen LogP contribution in [0.15, 0.2) is 35.1 Å². The summed E-state index contributed by atoms with van der Waals surface area (Å²) in [5, 5.41) is 12.1. The number of halogens is 3. The number of aromatic carboxylic acids is 1. The summed E-state index contributed by atoms with van der Waals surface area (Å²) in [5.41, 5.74) is 0.621. The Hall–Kier alpha value is -2.48. The minimum atomic E-state index is -1.25. The summed E-state index contributed by atoms with van der Waals surface area (Å²) in [6.45, 7) is -0.942. The summed E-state index contributed by atoms with van der Waals surface area (Å²) in [6.07, 6.45) is 1.35. The summed E-state index contributed by atoms with van der Waals surface area (Å²) in [5.74, 6) is -1.85. The van der Waals surface area contributed by atoms with Gasteiger partial charge in [0.15, 0.2) is 0 Å². The van der Waals surface area contributed by atoms with Gasteiger partial charge >= 0.3 is 5.97 Å². The fourth-order valence-corrected chi connectivity index (χ4v) is 2.65. The van der Waals surface area contributed by atoms with Crippen LogP contribution in [0.5, 0.6) is 0 Å². The first-order chi connectivity index (χ1) is 11.0. The van der Waals surface area contributed by atoms with Crippen molar-refractivity contribution in [2.24, 2.45) is 0 Å². The average molecular weight is 382 g/mol. The second-order valence-corrected chi connectivity index (χ2v) is 5.68. The summed E-state index contributed by atoms with van der Waals surface area (Å²) in [7, 11) is 0. The maximum atomic E-state index is 14.0. The molecule has 0 aliphatic heterocycles. The van der Waals surface area contributed by atoms with Crippen LogP contribution in [0.2, 0.25) is 0 Å². The fourth-order valence-electron chi connectivity index (χ4n) is 2.32. The first kappa shape index (κ1) is 15.4. The number of hydrogen-bond acceptors (Lipinski definition) is 3. The molecule has 0 atom stereocenters. The van der Waals surface area contributed by atoms with Crippen LogP contribution >= 0.6 is 15.9 Å². The van der Waals surface area contributed by atoms with Gasteiger partial charge in [0.2, 0.25) is 0 Å². The predicted molar refractivity (Wildman–Crippen MR) is 85.2 cm³/mol. The van der Waals surface area contributed by atoms with Gasteiger partial charge < -0.3 is 15.4 Å². The Bertz CT molecular complexity index is 911. The fraction of sp³-hybridized carbons (Fsp3) is 0.0667. The van der Waals surface area contributed by atoms with Gasteiger partial charge in [-0.3, -0.25) is 0 Å². The van der Waals surface area contributed by atoms with Crippen molar-refractivity contribution >= 4 is 44.3 Å². The predicted octanol–water partition coefficient (Wildman–Crippen LogP) is 4.38. The molecule has 3 aromatic rings. The number of alkyl halides is 1. The topological polar surface area (TPSA) is 78.0 Å². The number of fused-ring (bicyclic) bond motifs is 1. The third kappa shape index (κ3) is 2.77. The highest BCUT2D eigenvalue weighted by Crippen LogP contribution is 2.33. The lowest BCUT2D eigenvalue weighted by Gasteiger charge is -2.14. The van der Waals surface area contributed by atoms with Crippen LogP contribution in [-0.4, -0.2) is 21.0 Å². The molecule has 0 saturated carbocycles. The van der Waals surface area contributed by atoms with E-state index in [1.165, 1.54) is 24.5 Å². The molecule has 3 rings (SSSR count). The number of nitrogens with zero attached hydrogens (tertiary/aromatic N) is 1. The van der Waals surface area contributed by atoms with Crippen LogP contribution < -0.4 is 5.32 Å². The number of aromatic nitrogens is 2. The van der Waals surface area contributed by atoms with Crippen LogP contribution in [0.25, 0.3) is 11.0 Å². The molecule has 1 aromatic heterocycles. The Morgan fingerprint density at radius 2 is 2.17 bits per heavy atom. The summed E-state index contributed by atoms with van der Waals surface area (Å²) in [6, 6.07) is 5.59. The summed E-state index contributed by atoms with van der Waals surface area (Å²) in [4.78, 5) is 18.2. The number of nitrogens with one attached hydrogen (secondary N) is 2. The van der Waals surface area contributed by atoms with E-state index in [0.717, 1.165) is 0 Å². The summed E-state index contributed by atoms with van der Waals surface area (Å²) < 4.78 is 28.1. The van der Waals surface area contributed by atoms with Gasteiger partial charge in [-0.15, -0.1) is 0 Å². The number of carboxylic acid groups (broad SMARTS) is 1. The Morgan fingerprint density at radius 1 is 1.39 bits per heavy atom. The smallest absolute Gasteiger partial charge is 0.337 e. The molecule has 0 saturated heterocycles. The zero-order chi connectivity index (χ0) is 16.6. The molecule has 0 unspecified atom stereocenters. The number of imidazole rings is 1.